The normalized spacial score (nSPS) is 21.9. The van der Waals surface area contributed by atoms with Gasteiger partial charge in [-0.1, -0.05) is 181 Å². The third kappa shape index (κ3) is 22.9. The van der Waals surface area contributed by atoms with Gasteiger partial charge in [0.05, 0.1) is 19.3 Å². The van der Waals surface area contributed by atoms with Crippen LogP contribution in [0, 0.1) is 0 Å². The van der Waals surface area contributed by atoms with Crippen LogP contribution in [0.5, 0.6) is 0 Å². The summed E-state index contributed by atoms with van der Waals surface area (Å²) in [5.41, 5.74) is -1.83. The molecule has 1 heterocycles. The average Bonchev–Trinajstić information content (AvgIpc) is 3.12. The van der Waals surface area contributed by atoms with E-state index in [-0.39, 0.29) is 26.1 Å². The van der Waals surface area contributed by atoms with Gasteiger partial charge in [0.15, 0.2) is 0 Å². The second-order valence-corrected chi connectivity index (χ2v) is 15.8. The van der Waals surface area contributed by atoms with Gasteiger partial charge in [0.25, 0.3) is 5.91 Å². The maximum atomic E-state index is 13.4. The molecule has 9 nitrogen and oxygen atoms in total. The molecule has 0 aromatic rings. The molecule has 0 radical (unpaired) electrons. The molecule has 1 rings (SSSR count). The quantitative estimate of drug-likeness (QED) is 0.0363. The molecule has 6 atom stereocenters. The first-order valence-electron chi connectivity index (χ1n) is 21.7. The van der Waals surface area contributed by atoms with Crippen LogP contribution in [0.15, 0.2) is 0 Å². The fourth-order valence-corrected chi connectivity index (χ4v) is 7.39. The maximum absolute atomic E-state index is 13.4. The molecule has 0 saturated carbocycles. The van der Waals surface area contributed by atoms with E-state index >= 15 is 0 Å². The number of aliphatic hydroxyl groups is 6. The smallest absolute Gasteiger partial charge is 0.251 e. The zero-order chi connectivity index (χ0) is 37.6. The summed E-state index contributed by atoms with van der Waals surface area (Å²) in [6.45, 7) is 3.71. The van der Waals surface area contributed by atoms with E-state index < -0.39 is 48.6 Å². The molecule has 1 fully saturated rings. The first kappa shape index (κ1) is 48.2. The minimum atomic E-state index is -1.83. The number of ether oxygens (including phenoxy) is 1. The fraction of sp³-hybridized carbons (Fsp3) is 0.976. The lowest BCUT2D eigenvalue weighted by Crippen LogP contribution is -2.63. The summed E-state index contributed by atoms with van der Waals surface area (Å²) in [6, 6.07) is 0. The van der Waals surface area contributed by atoms with E-state index in [1.807, 2.05) is 0 Å². The molecule has 0 spiro atoms. The van der Waals surface area contributed by atoms with Crippen LogP contribution >= 0.6 is 0 Å². The van der Waals surface area contributed by atoms with Crippen molar-refractivity contribution in [2.45, 2.75) is 236 Å². The molecule has 0 aliphatic carbocycles. The number of rotatable bonds is 35. The number of amides is 1. The number of aliphatic hydroxyl groups excluding tert-OH is 5. The summed E-state index contributed by atoms with van der Waals surface area (Å²) in [5, 5.41) is 63.2. The predicted molar refractivity (Wildman–Crippen MR) is 208 cm³/mol. The lowest BCUT2D eigenvalue weighted by Gasteiger charge is -2.43. The van der Waals surface area contributed by atoms with Crippen molar-refractivity contribution in [1.29, 1.82) is 0 Å². The second kappa shape index (κ2) is 31.5. The number of unbranched alkanes of at least 4 members (excludes halogenated alkanes) is 24. The highest BCUT2D eigenvalue weighted by Crippen LogP contribution is 2.28. The Balaban J connectivity index is 2.45. The summed E-state index contributed by atoms with van der Waals surface area (Å²) in [5.74, 6) is -0.485. The molecule has 304 valence electrons. The van der Waals surface area contributed by atoms with Crippen LogP contribution in [0.1, 0.15) is 200 Å². The Morgan fingerprint density at radius 1 is 0.667 bits per heavy atom. The van der Waals surface area contributed by atoms with Gasteiger partial charge >= 0.3 is 0 Å². The molecule has 0 aromatic carbocycles. The highest BCUT2D eigenvalue weighted by atomic mass is 16.5. The molecule has 1 aliphatic rings. The highest BCUT2D eigenvalue weighted by Gasteiger charge is 2.48. The molecule has 1 saturated heterocycles. The van der Waals surface area contributed by atoms with E-state index in [1.54, 1.807) is 0 Å². The summed E-state index contributed by atoms with van der Waals surface area (Å²) < 4.78 is 5.40. The number of hydrogen-bond donors (Lipinski definition) is 6. The van der Waals surface area contributed by atoms with Gasteiger partial charge in [-0.2, -0.15) is 0 Å². The molecule has 1 aliphatic heterocycles. The van der Waals surface area contributed by atoms with Crippen molar-refractivity contribution < 1.29 is 40.2 Å². The van der Waals surface area contributed by atoms with Gasteiger partial charge in [0, 0.05) is 13.1 Å². The summed E-state index contributed by atoms with van der Waals surface area (Å²) >= 11 is 0. The largest absolute Gasteiger partial charge is 0.394 e. The molecular weight excluding hydrogens is 646 g/mol. The van der Waals surface area contributed by atoms with Crippen LogP contribution in [-0.4, -0.2) is 104 Å². The first-order valence-corrected chi connectivity index (χ1v) is 21.7. The van der Waals surface area contributed by atoms with Crippen molar-refractivity contribution in [3.63, 3.8) is 0 Å². The Morgan fingerprint density at radius 3 is 1.47 bits per heavy atom. The minimum Gasteiger partial charge on any atom is -0.394 e. The van der Waals surface area contributed by atoms with Gasteiger partial charge in [0.2, 0.25) is 0 Å². The summed E-state index contributed by atoms with van der Waals surface area (Å²) in [7, 11) is 0. The summed E-state index contributed by atoms with van der Waals surface area (Å²) in [4.78, 5) is 14.8. The van der Waals surface area contributed by atoms with Gasteiger partial charge < -0.3 is 40.3 Å². The molecule has 51 heavy (non-hydrogen) atoms. The topological polar surface area (TPSA) is 151 Å². The number of hydrogen-bond acceptors (Lipinski definition) is 8. The first-order chi connectivity index (χ1) is 24.7. The molecule has 6 N–H and O–H groups in total. The van der Waals surface area contributed by atoms with Crippen molar-refractivity contribution in [3.05, 3.63) is 0 Å². The zero-order valence-electron chi connectivity index (χ0n) is 33.2. The third-order valence-electron chi connectivity index (χ3n) is 11.0. The van der Waals surface area contributed by atoms with Crippen molar-refractivity contribution >= 4 is 5.91 Å². The lowest BCUT2D eigenvalue weighted by molar-refractivity contribution is -0.242. The van der Waals surface area contributed by atoms with Gasteiger partial charge in [-0.3, -0.25) is 4.79 Å². The van der Waals surface area contributed by atoms with Crippen LogP contribution in [0.3, 0.4) is 0 Å². The zero-order valence-corrected chi connectivity index (χ0v) is 33.2. The van der Waals surface area contributed by atoms with E-state index in [4.69, 9.17) is 4.74 Å². The standard InChI is InChI=1S/C42H83NO8/c1-3-5-7-9-11-13-15-17-18-19-21-23-25-27-29-36(45)33-43(32-31-42(50)35-51-38(34-44)39(47)40(42)48)41(49)37(46)30-28-26-24-22-20-16-14-12-10-8-6-4-2/h36-40,44-48,50H,3-35H2,1-2H3/t36?,37?,38-,39-,40+,42-/m1/s1. The van der Waals surface area contributed by atoms with E-state index in [9.17, 15) is 35.4 Å². The molecular formula is C42H83NO8. The van der Waals surface area contributed by atoms with Crippen LogP contribution in [0.25, 0.3) is 0 Å². The van der Waals surface area contributed by atoms with Crippen LogP contribution < -0.4 is 0 Å². The molecule has 0 bridgehead atoms. The van der Waals surface area contributed by atoms with Crippen molar-refractivity contribution in [2.24, 2.45) is 0 Å². The van der Waals surface area contributed by atoms with Crippen molar-refractivity contribution in [2.75, 3.05) is 26.3 Å². The highest BCUT2D eigenvalue weighted by molar-refractivity contribution is 5.80. The molecule has 9 heteroatoms. The van der Waals surface area contributed by atoms with Gasteiger partial charge in [-0.15, -0.1) is 0 Å². The van der Waals surface area contributed by atoms with Crippen LogP contribution in [-0.2, 0) is 9.53 Å². The van der Waals surface area contributed by atoms with E-state index in [0.29, 0.717) is 12.8 Å². The van der Waals surface area contributed by atoms with Gasteiger partial charge in [-0.25, -0.2) is 0 Å². The Bertz CT molecular complexity index is 803. The Morgan fingerprint density at radius 2 is 1.06 bits per heavy atom. The SMILES string of the molecule is CCCCCCCCCCCCCCCCC(O)CN(CC[C@@]1(O)CO[C@H](CO)[C@@H](O)[C@@H]1O)C(=O)C(O)CCCCCCCCCCCCCC. The Hall–Kier alpha value is -0.810. The van der Waals surface area contributed by atoms with Gasteiger partial charge in [0.1, 0.15) is 30.0 Å². The minimum absolute atomic E-state index is 0.0163. The number of nitrogens with zero attached hydrogens (tertiary/aromatic N) is 1. The van der Waals surface area contributed by atoms with E-state index in [0.717, 1.165) is 38.5 Å². The molecule has 2 unspecified atom stereocenters. The molecule has 0 aromatic heterocycles. The molecule has 1 amide bonds. The van der Waals surface area contributed by atoms with Gasteiger partial charge in [-0.05, 0) is 19.3 Å². The fourth-order valence-electron chi connectivity index (χ4n) is 7.39. The number of carbonyl (C=O) groups excluding carboxylic acids is 1. The van der Waals surface area contributed by atoms with E-state index in [2.05, 4.69) is 13.8 Å². The lowest BCUT2D eigenvalue weighted by atomic mass is 9.85. The maximum Gasteiger partial charge on any atom is 0.251 e. The average molecular weight is 730 g/mol. The van der Waals surface area contributed by atoms with Crippen molar-refractivity contribution in [3.8, 4) is 0 Å². The summed E-state index contributed by atoms with van der Waals surface area (Å²) in [6.07, 6.45) is 26.7. The Labute approximate surface area is 312 Å². The third-order valence-corrected chi connectivity index (χ3v) is 11.0. The van der Waals surface area contributed by atoms with Crippen molar-refractivity contribution in [1.82, 2.24) is 4.90 Å². The Kier molecular flexibility index (Phi) is 29.8. The van der Waals surface area contributed by atoms with E-state index in [1.165, 1.54) is 133 Å². The van der Waals surface area contributed by atoms with Crippen LogP contribution in [0.4, 0.5) is 0 Å². The monoisotopic (exact) mass is 730 g/mol. The number of carbonyl (C=O) groups is 1. The predicted octanol–water partition coefficient (Wildman–Crippen LogP) is 7.73. The second-order valence-electron chi connectivity index (χ2n) is 15.8. The van der Waals surface area contributed by atoms with Crippen LogP contribution in [0.2, 0.25) is 0 Å².